The molecule has 166 valence electrons. The zero-order valence-electron chi connectivity index (χ0n) is 16.7. The summed E-state index contributed by atoms with van der Waals surface area (Å²) < 4.78 is 43.1. The Hall–Kier alpha value is -3.77. The van der Waals surface area contributed by atoms with Crippen LogP contribution in [-0.2, 0) is 12.7 Å². The smallest absolute Gasteiger partial charge is 0.355 e. The van der Waals surface area contributed by atoms with E-state index in [9.17, 15) is 18.0 Å². The second-order valence-corrected chi connectivity index (χ2v) is 7.58. The molecule has 0 radical (unpaired) electrons. The molecule has 1 saturated heterocycles. The summed E-state index contributed by atoms with van der Waals surface area (Å²) in [6.07, 6.45) is 0.237. The first-order valence-corrected chi connectivity index (χ1v) is 10.0. The Labute approximate surface area is 178 Å². The van der Waals surface area contributed by atoms with Crippen molar-refractivity contribution in [1.82, 2.24) is 39.4 Å². The Kier molecular flexibility index (Phi) is 4.87. The van der Waals surface area contributed by atoms with Crippen molar-refractivity contribution in [3.63, 3.8) is 0 Å². The van der Waals surface area contributed by atoms with E-state index in [0.717, 1.165) is 17.4 Å². The molecule has 10 nitrogen and oxygen atoms in total. The molecule has 0 spiro atoms. The maximum absolute atomic E-state index is 13.1. The third kappa shape index (κ3) is 3.81. The van der Waals surface area contributed by atoms with Gasteiger partial charge in [0.25, 0.3) is 11.4 Å². The lowest BCUT2D eigenvalue weighted by Gasteiger charge is -2.32. The third-order valence-electron chi connectivity index (χ3n) is 5.46. The van der Waals surface area contributed by atoms with E-state index in [4.69, 9.17) is 0 Å². The van der Waals surface area contributed by atoms with Crippen molar-refractivity contribution in [3.8, 4) is 5.82 Å². The SMILES string of the molecule is O=c1ccc(-n2cccn2)nn1CC1CCN(c2ccc3nnc(C(F)(F)F)n3n2)CC1. The van der Waals surface area contributed by atoms with Crippen LogP contribution in [0.3, 0.4) is 0 Å². The summed E-state index contributed by atoms with van der Waals surface area (Å²) in [5.74, 6) is 0.0385. The zero-order valence-corrected chi connectivity index (χ0v) is 16.7. The summed E-state index contributed by atoms with van der Waals surface area (Å²) in [5, 5.41) is 19.4. The second kappa shape index (κ2) is 7.73. The summed E-state index contributed by atoms with van der Waals surface area (Å²) in [4.78, 5) is 14.2. The molecule has 1 fully saturated rings. The number of fused-ring (bicyclic) bond motifs is 1. The Balaban J connectivity index is 1.29. The van der Waals surface area contributed by atoms with E-state index in [2.05, 4.69) is 25.5 Å². The highest BCUT2D eigenvalue weighted by Crippen LogP contribution is 2.28. The number of hydrogen-bond donors (Lipinski definition) is 0. The molecule has 0 N–H and O–H groups in total. The van der Waals surface area contributed by atoms with E-state index in [1.165, 1.54) is 16.8 Å². The van der Waals surface area contributed by atoms with Gasteiger partial charge in [0.05, 0.1) is 0 Å². The van der Waals surface area contributed by atoms with Crippen LogP contribution in [0, 0.1) is 5.92 Å². The van der Waals surface area contributed by atoms with Gasteiger partial charge in [-0.1, -0.05) is 0 Å². The van der Waals surface area contributed by atoms with E-state index in [0.29, 0.717) is 31.3 Å². The second-order valence-electron chi connectivity index (χ2n) is 7.58. The van der Waals surface area contributed by atoms with Crippen molar-refractivity contribution in [3.05, 3.63) is 58.9 Å². The molecule has 0 aliphatic carbocycles. The molecule has 0 saturated carbocycles. The van der Waals surface area contributed by atoms with Gasteiger partial charge < -0.3 is 4.90 Å². The van der Waals surface area contributed by atoms with Gasteiger partial charge >= 0.3 is 6.18 Å². The molecule has 4 aromatic heterocycles. The van der Waals surface area contributed by atoms with Crippen LogP contribution in [0.15, 0.2) is 47.5 Å². The first-order chi connectivity index (χ1) is 15.4. The fourth-order valence-corrected chi connectivity index (χ4v) is 3.81. The van der Waals surface area contributed by atoms with Gasteiger partial charge in [0.1, 0.15) is 5.82 Å². The molecule has 4 aromatic rings. The van der Waals surface area contributed by atoms with Crippen LogP contribution in [0.5, 0.6) is 0 Å². The fraction of sp³-hybridized carbons (Fsp3) is 0.368. The van der Waals surface area contributed by atoms with Crippen LogP contribution >= 0.6 is 0 Å². The number of nitrogens with zero attached hydrogens (tertiary/aromatic N) is 9. The number of aromatic nitrogens is 8. The number of anilines is 1. The summed E-state index contributed by atoms with van der Waals surface area (Å²) >= 11 is 0. The molecule has 0 bridgehead atoms. The van der Waals surface area contributed by atoms with Crippen LogP contribution in [0.4, 0.5) is 19.0 Å². The standard InChI is InChI=1S/C19H18F3N9O/c20-19(21,22)18-25-24-14-2-3-15(27-31(14)18)28-10-6-13(7-11-28)12-30-17(32)5-4-16(26-30)29-9-1-8-23-29/h1-5,8-9,13H,6-7,10-12H2. The lowest BCUT2D eigenvalue weighted by Crippen LogP contribution is -2.37. The minimum Gasteiger partial charge on any atom is -0.355 e. The molecular weight excluding hydrogens is 427 g/mol. The normalized spacial score (nSPS) is 15.5. The largest absolute Gasteiger partial charge is 0.453 e. The predicted molar refractivity (Wildman–Crippen MR) is 106 cm³/mol. The quantitative estimate of drug-likeness (QED) is 0.472. The van der Waals surface area contributed by atoms with Gasteiger partial charge in [0.2, 0.25) is 0 Å². The molecule has 13 heteroatoms. The van der Waals surface area contributed by atoms with Crippen LogP contribution in [0.1, 0.15) is 18.7 Å². The topological polar surface area (TPSA) is 99.0 Å². The number of alkyl halides is 3. The van der Waals surface area contributed by atoms with Gasteiger partial charge in [-0.2, -0.15) is 22.8 Å². The first-order valence-electron chi connectivity index (χ1n) is 10.0. The molecule has 0 atom stereocenters. The Bertz CT molecular complexity index is 1290. The van der Waals surface area contributed by atoms with Crippen LogP contribution < -0.4 is 10.5 Å². The maximum atomic E-state index is 13.1. The van der Waals surface area contributed by atoms with E-state index in [1.54, 1.807) is 35.3 Å². The van der Waals surface area contributed by atoms with Crippen molar-refractivity contribution in [2.45, 2.75) is 25.6 Å². The molecule has 0 unspecified atom stereocenters. The van der Waals surface area contributed by atoms with Crippen LogP contribution in [0.25, 0.3) is 11.5 Å². The fourth-order valence-electron chi connectivity index (χ4n) is 3.81. The Morgan fingerprint density at radius 2 is 1.78 bits per heavy atom. The van der Waals surface area contributed by atoms with Gasteiger partial charge in [0, 0.05) is 38.1 Å². The van der Waals surface area contributed by atoms with E-state index in [1.807, 2.05) is 4.90 Å². The zero-order chi connectivity index (χ0) is 22.3. The number of hydrogen-bond acceptors (Lipinski definition) is 7. The molecule has 1 aliphatic heterocycles. The predicted octanol–water partition coefficient (Wildman–Crippen LogP) is 1.80. The van der Waals surface area contributed by atoms with Gasteiger partial charge in [-0.3, -0.25) is 4.79 Å². The molecule has 0 aromatic carbocycles. The van der Waals surface area contributed by atoms with E-state index >= 15 is 0 Å². The van der Waals surface area contributed by atoms with Gasteiger partial charge in [-0.25, -0.2) is 9.36 Å². The van der Waals surface area contributed by atoms with Gasteiger partial charge in [0.15, 0.2) is 11.5 Å². The molecule has 5 rings (SSSR count). The molecular formula is C19H18F3N9O. The van der Waals surface area contributed by atoms with Crippen molar-refractivity contribution in [2.24, 2.45) is 5.92 Å². The first kappa shape index (κ1) is 20.2. The summed E-state index contributed by atoms with van der Waals surface area (Å²) in [6.45, 7) is 1.65. The Morgan fingerprint density at radius 1 is 1.00 bits per heavy atom. The lowest BCUT2D eigenvalue weighted by atomic mass is 9.97. The van der Waals surface area contributed by atoms with Crippen LogP contribution in [-0.4, -0.2) is 52.5 Å². The van der Waals surface area contributed by atoms with Crippen molar-refractivity contribution in [1.29, 1.82) is 0 Å². The monoisotopic (exact) mass is 445 g/mol. The van der Waals surface area contributed by atoms with E-state index in [-0.39, 0.29) is 17.1 Å². The number of rotatable bonds is 4. The minimum absolute atomic E-state index is 0.0403. The molecule has 32 heavy (non-hydrogen) atoms. The summed E-state index contributed by atoms with van der Waals surface area (Å²) in [7, 11) is 0. The van der Waals surface area contributed by atoms with Crippen molar-refractivity contribution in [2.75, 3.05) is 18.0 Å². The average Bonchev–Trinajstić information content (AvgIpc) is 3.45. The number of halogens is 3. The average molecular weight is 445 g/mol. The number of piperidine rings is 1. The summed E-state index contributed by atoms with van der Waals surface area (Å²) in [6, 6.07) is 7.98. The lowest BCUT2D eigenvalue weighted by molar-refractivity contribution is -0.146. The van der Waals surface area contributed by atoms with Crippen molar-refractivity contribution >= 4 is 11.5 Å². The van der Waals surface area contributed by atoms with Crippen LogP contribution in [0.2, 0.25) is 0 Å². The highest BCUT2D eigenvalue weighted by Gasteiger charge is 2.38. The highest BCUT2D eigenvalue weighted by molar-refractivity contribution is 5.46. The molecule has 5 heterocycles. The summed E-state index contributed by atoms with van der Waals surface area (Å²) in [5.41, 5.74) is -0.152. The molecule has 1 aliphatic rings. The van der Waals surface area contributed by atoms with Crippen molar-refractivity contribution < 1.29 is 13.2 Å². The molecule has 0 amide bonds. The highest BCUT2D eigenvalue weighted by atomic mass is 19.4. The minimum atomic E-state index is -4.64. The van der Waals surface area contributed by atoms with Gasteiger partial charge in [-0.05, 0) is 43.0 Å². The Morgan fingerprint density at radius 3 is 2.50 bits per heavy atom. The third-order valence-corrected chi connectivity index (χ3v) is 5.46. The van der Waals surface area contributed by atoms with E-state index < -0.39 is 12.0 Å². The maximum Gasteiger partial charge on any atom is 0.453 e. The van der Waals surface area contributed by atoms with Gasteiger partial charge in [-0.15, -0.1) is 20.4 Å².